The fourth-order valence-corrected chi connectivity index (χ4v) is 1.88. The lowest BCUT2D eigenvalue weighted by Gasteiger charge is -1.90. The third kappa shape index (κ3) is 0.917. The molecule has 0 spiro atoms. The molecule has 10 heavy (non-hydrogen) atoms. The fourth-order valence-electron chi connectivity index (χ4n) is 0.890. The van der Waals surface area contributed by atoms with Gasteiger partial charge in [-0.3, -0.25) is 0 Å². The van der Waals surface area contributed by atoms with Gasteiger partial charge in [0.25, 0.3) is 0 Å². The molecule has 2 aliphatic rings. The van der Waals surface area contributed by atoms with Crippen LogP contribution >= 0.6 is 22.9 Å². The van der Waals surface area contributed by atoms with E-state index in [1.807, 2.05) is 23.6 Å². The van der Waals surface area contributed by atoms with Gasteiger partial charge in [0.15, 0.2) is 0 Å². The summed E-state index contributed by atoms with van der Waals surface area (Å²) in [6, 6.07) is 9.01. The summed E-state index contributed by atoms with van der Waals surface area (Å²) in [4.78, 5) is 1.13. The molecule has 0 saturated carbocycles. The Morgan fingerprint density at radius 1 is 1.50 bits per heavy atom. The highest BCUT2D eigenvalue weighted by atomic mass is 35.5. The minimum Gasteiger partial charge on any atom is -0.143 e. The Morgan fingerprint density at radius 3 is 3.20 bits per heavy atom. The van der Waals surface area contributed by atoms with E-state index in [1.54, 1.807) is 11.3 Å². The largest absolute Gasteiger partial charge is 0.143 e. The number of fused-ring (bicyclic) bond motifs is 1. The van der Waals surface area contributed by atoms with Crippen molar-refractivity contribution in [3.8, 4) is 10.4 Å². The van der Waals surface area contributed by atoms with Crippen LogP contribution in [-0.2, 0) is 0 Å². The smallest absolute Gasteiger partial charge is 0.0506 e. The Bertz CT molecular complexity index is 283. The van der Waals surface area contributed by atoms with Gasteiger partial charge in [0, 0.05) is 10.9 Å². The molecule has 0 aromatic rings. The topological polar surface area (TPSA) is 0 Å². The van der Waals surface area contributed by atoms with Gasteiger partial charge in [0.1, 0.15) is 0 Å². The van der Waals surface area contributed by atoms with Gasteiger partial charge in [0.2, 0.25) is 0 Å². The average molecular weight is 168 g/mol. The van der Waals surface area contributed by atoms with Crippen LogP contribution in [0.2, 0.25) is 5.02 Å². The van der Waals surface area contributed by atoms with Crippen molar-refractivity contribution in [3.05, 3.63) is 34.7 Å². The molecule has 0 saturated heterocycles. The van der Waals surface area contributed by atoms with Gasteiger partial charge in [-0.05, 0) is 17.0 Å². The van der Waals surface area contributed by atoms with Crippen LogP contribution in [0.25, 0.3) is 10.4 Å². The summed E-state index contributed by atoms with van der Waals surface area (Å²) in [6.45, 7) is 0. The van der Waals surface area contributed by atoms with Crippen LogP contribution < -0.4 is 0 Å². The molecule has 0 atom stereocenters. The Hall–Kier alpha value is -0.530. The van der Waals surface area contributed by atoms with Gasteiger partial charge in [0.05, 0.1) is 5.02 Å². The zero-order valence-corrected chi connectivity index (χ0v) is 6.67. The van der Waals surface area contributed by atoms with E-state index in [0.717, 1.165) is 4.88 Å². The van der Waals surface area contributed by atoms with Crippen molar-refractivity contribution in [1.82, 2.24) is 0 Å². The molecular weight excluding hydrogens is 164 g/mol. The minimum atomic E-state index is 0.706. The molecule has 0 N–H and O–H groups in total. The number of halogens is 1. The Labute approximate surface area is 68.4 Å². The van der Waals surface area contributed by atoms with Crippen LogP contribution in [0.1, 0.15) is 0 Å². The molecule has 2 heteroatoms. The van der Waals surface area contributed by atoms with Gasteiger partial charge in [-0.2, -0.15) is 0 Å². The predicted molar refractivity (Wildman–Crippen MR) is 44.8 cm³/mol. The molecule has 1 aliphatic heterocycles. The molecule has 49 valence electrons. The van der Waals surface area contributed by atoms with Gasteiger partial charge < -0.3 is 0 Å². The van der Waals surface area contributed by atoms with Crippen molar-refractivity contribution in [2.45, 2.75) is 0 Å². The maximum absolute atomic E-state index is 5.73. The summed E-state index contributed by atoms with van der Waals surface area (Å²) in [6.07, 6.45) is 0. The molecule has 0 fully saturated rings. The molecule has 1 radical (unpaired) electrons. The fraction of sp³-hybridized carbons (Fsp3) is 0. The summed E-state index contributed by atoms with van der Waals surface area (Å²) in [5.74, 6) is 0. The lowest BCUT2D eigenvalue weighted by molar-refractivity contribution is 1.85. The van der Waals surface area contributed by atoms with Gasteiger partial charge in [-0.15, -0.1) is 11.3 Å². The van der Waals surface area contributed by atoms with Crippen LogP contribution in [0.5, 0.6) is 0 Å². The van der Waals surface area contributed by atoms with Crippen LogP contribution in [0.4, 0.5) is 0 Å². The summed E-state index contributed by atoms with van der Waals surface area (Å²) in [5.41, 5.74) is 1.18. The van der Waals surface area contributed by atoms with E-state index in [9.17, 15) is 0 Å². The summed E-state index contributed by atoms with van der Waals surface area (Å²) in [7, 11) is 0. The van der Waals surface area contributed by atoms with Crippen molar-refractivity contribution in [2.24, 2.45) is 0 Å². The highest BCUT2D eigenvalue weighted by Gasteiger charge is 2.03. The van der Waals surface area contributed by atoms with Crippen LogP contribution in [0.15, 0.2) is 23.6 Å². The lowest BCUT2D eigenvalue weighted by atomic mass is 10.3. The lowest BCUT2D eigenvalue weighted by Crippen LogP contribution is -1.63. The Kier molecular flexibility index (Phi) is 1.40. The molecule has 0 nitrogen and oxygen atoms in total. The molecule has 0 bridgehead atoms. The molecule has 0 aromatic heterocycles. The number of hydrogen-bond acceptors (Lipinski definition) is 1. The highest BCUT2D eigenvalue weighted by molar-refractivity contribution is 7.13. The van der Waals surface area contributed by atoms with Crippen molar-refractivity contribution < 1.29 is 0 Å². The number of rotatable bonds is 0. The van der Waals surface area contributed by atoms with Crippen molar-refractivity contribution in [1.29, 1.82) is 0 Å². The third-order valence-electron chi connectivity index (χ3n) is 1.32. The highest BCUT2D eigenvalue weighted by Crippen LogP contribution is 2.30. The van der Waals surface area contributed by atoms with Gasteiger partial charge in [-0.1, -0.05) is 23.7 Å². The standard InChI is InChI=1S/C8H4ClS/c9-7-4-6-2-1-3-10-8(6)5-7/h1-4H. The van der Waals surface area contributed by atoms with E-state index in [1.165, 1.54) is 5.56 Å². The van der Waals surface area contributed by atoms with Crippen molar-refractivity contribution >= 4 is 22.9 Å². The Morgan fingerprint density at radius 2 is 2.40 bits per heavy atom. The van der Waals surface area contributed by atoms with E-state index in [0.29, 0.717) is 5.02 Å². The van der Waals surface area contributed by atoms with E-state index in [4.69, 9.17) is 11.6 Å². The molecule has 2 rings (SSSR count). The first kappa shape index (κ1) is 6.20. The maximum Gasteiger partial charge on any atom is 0.0506 e. The second-order valence-electron chi connectivity index (χ2n) is 2.01. The first-order valence-electron chi connectivity index (χ1n) is 2.91. The molecule has 1 aliphatic carbocycles. The zero-order chi connectivity index (χ0) is 6.97. The van der Waals surface area contributed by atoms with Crippen LogP contribution in [-0.4, -0.2) is 0 Å². The predicted octanol–water partition coefficient (Wildman–Crippen LogP) is 3.31. The third-order valence-corrected chi connectivity index (χ3v) is 2.39. The maximum atomic E-state index is 5.73. The average Bonchev–Trinajstić information content (AvgIpc) is 2.27. The Balaban J connectivity index is 2.76. The summed E-state index contributed by atoms with van der Waals surface area (Å²) < 4.78 is 0. The normalized spacial score (nSPS) is 10.5. The molecule has 0 unspecified atom stereocenters. The monoisotopic (exact) mass is 167 g/mol. The second kappa shape index (κ2) is 2.26. The zero-order valence-electron chi connectivity index (χ0n) is 5.10. The van der Waals surface area contributed by atoms with E-state index < -0.39 is 0 Å². The first-order valence-corrected chi connectivity index (χ1v) is 4.17. The van der Waals surface area contributed by atoms with Crippen molar-refractivity contribution in [3.63, 3.8) is 0 Å². The van der Waals surface area contributed by atoms with E-state index in [2.05, 4.69) is 6.07 Å². The first-order chi connectivity index (χ1) is 4.86. The van der Waals surface area contributed by atoms with Gasteiger partial charge >= 0.3 is 0 Å². The second-order valence-corrected chi connectivity index (χ2v) is 3.34. The summed E-state index contributed by atoms with van der Waals surface area (Å²) >= 11 is 7.39. The minimum absolute atomic E-state index is 0.706. The summed E-state index contributed by atoms with van der Waals surface area (Å²) in [5, 5.41) is 2.73. The molecule has 0 amide bonds. The molecule has 0 aromatic carbocycles. The SMILES string of the molecule is Clc1[c]c2scccc-2c1. The number of hydrogen-bond donors (Lipinski definition) is 0. The van der Waals surface area contributed by atoms with Crippen LogP contribution in [0, 0.1) is 6.07 Å². The van der Waals surface area contributed by atoms with E-state index >= 15 is 0 Å². The molecular formula is C8H4ClS. The van der Waals surface area contributed by atoms with E-state index in [-0.39, 0.29) is 0 Å². The van der Waals surface area contributed by atoms with Crippen molar-refractivity contribution in [2.75, 3.05) is 0 Å². The van der Waals surface area contributed by atoms with Gasteiger partial charge in [-0.25, -0.2) is 0 Å². The molecule has 1 heterocycles. The van der Waals surface area contributed by atoms with Crippen LogP contribution in [0.3, 0.4) is 0 Å². The quantitative estimate of drug-likeness (QED) is 0.565.